The summed E-state index contributed by atoms with van der Waals surface area (Å²) in [5.74, 6) is 1.09. The van der Waals surface area contributed by atoms with Crippen LogP contribution in [0, 0.1) is 0 Å². The smallest absolute Gasteiger partial charge is 0.253 e. The number of hydrogen-bond donors (Lipinski definition) is 0. The molecule has 6 rings (SSSR count). The molecule has 3 aromatic carbocycles. The van der Waals surface area contributed by atoms with E-state index in [4.69, 9.17) is 25.8 Å². The Labute approximate surface area is 252 Å². The van der Waals surface area contributed by atoms with Crippen molar-refractivity contribution in [2.24, 2.45) is 0 Å². The van der Waals surface area contributed by atoms with Gasteiger partial charge in [0.2, 0.25) is 0 Å². The number of halogens is 1. The highest BCUT2D eigenvalue weighted by molar-refractivity contribution is 6.30. The van der Waals surface area contributed by atoms with Crippen molar-refractivity contribution in [1.82, 2.24) is 9.80 Å². The fraction of sp³-hybridized carbons (Fsp3) is 0.412. The van der Waals surface area contributed by atoms with Crippen molar-refractivity contribution in [3.05, 3.63) is 94.0 Å². The molecule has 1 aliphatic carbocycles. The maximum absolute atomic E-state index is 13.3. The summed E-state index contributed by atoms with van der Waals surface area (Å²) in [6, 6.07) is 21.0. The number of ether oxygens (including phenoxy) is 3. The van der Waals surface area contributed by atoms with Crippen LogP contribution < -0.4 is 4.74 Å². The molecule has 0 bridgehead atoms. The summed E-state index contributed by atoms with van der Waals surface area (Å²) in [4.78, 5) is 29.6. The molecular formula is C34H37ClN2O5. The SMILES string of the molecule is O=Cc1cc(C2CCC3(CC2)OCCO3)ccc1Oc1ccc(C(=O)N2CCCN(Cc3ccc(Cl)cc3)CC2)cc1. The van der Waals surface area contributed by atoms with E-state index in [9.17, 15) is 9.59 Å². The van der Waals surface area contributed by atoms with Crippen LogP contribution >= 0.6 is 11.6 Å². The van der Waals surface area contributed by atoms with Gasteiger partial charge in [-0.05, 0) is 84.8 Å². The zero-order valence-electron chi connectivity index (χ0n) is 23.8. The van der Waals surface area contributed by atoms with Gasteiger partial charge in [-0.2, -0.15) is 0 Å². The number of amides is 1. The monoisotopic (exact) mass is 588 g/mol. The standard InChI is InChI=1S/C34H37ClN2O5/c35-30-7-2-25(3-8-30)23-36-16-1-17-37(19-18-36)33(39)27-4-9-31(10-5-27)42-32-11-6-28(22-29(32)24-38)26-12-14-34(15-13-26)40-20-21-41-34/h2-11,22,24,26H,1,12-21,23H2. The van der Waals surface area contributed by atoms with Crippen LogP contribution in [0.4, 0.5) is 0 Å². The Morgan fingerprint density at radius 2 is 1.67 bits per heavy atom. The van der Waals surface area contributed by atoms with Crippen molar-refractivity contribution in [1.29, 1.82) is 0 Å². The summed E-state index contributed by atoms with van der Waals surface area (Å²) in [7, 11) is 0. The summed E-state index contributed by atoms with van der Waals surface area (Å²) in [6.07, 6.45) is 5.44. The lowest BCUT2D eigenvalue weighted by Crippen LogP contribution is -2.35. The van der Waals surface area contributed by atoms with Crippen molar-refractivity contribution in [3.8, 4) is 11.5 Å². The van der Waals surface area contributed by atoms with Gasteiger partial charge in [-0.25, -0.2) is 0 Å². The topological polar surface area (TPSA) is 68.3 Å². The molecule has 1 spiro atoms. The van der Waals surface area contributed by atoms with E-state index in [1.165, 1.54) is 5.56 Å². The lowest BCUT2D eigenvalue weighted by atomic mass is 9.80. The van der Waals surface area contributed by atoms with Crippen molar-refractivity contribution in [2.45, 2.75) is 50.4 Å². The van der Waals surface area contributed by atoms with Gasteiger partial charge in [0.1, 0.15) is 11.5 Å². The van der Waals surface area contributed by atoms with Gasteiger partial charge >= 0.3 is 0 Å². The van der Waals surface area contributed by atoms with Gasteiger partial charge in [-0.15, -0.1) is 0 Å². The minimum atomic E-state index is -0.397. The number of aldehydes is 1. The first kappa shape index (κ1) is 28.9. The third kappa shape index (κ3) is 6.70. The first-order chi connectivity index (χ1) is 20.5. The predicted molar refractivity (Wildman–Crippen MR) is 161 cm³/mol. The molecule has 0 radical (unpaired) electrons. The van der Waals surface area contributed by atoms with Gasteiger partial charge < -0.3 is 19.1 Å². The van der Waals surface area contributed by atoms with Crippen molar-refractivity contribution >= 4 is 23.8 Å². The third-order valence-corrected chi connectivity index (χ3v) is 8.97. The minimum absolute atomic E-state index is 0.0236. The molecule has 0 N–H and O–H groups in total. The van der Waals surface area contributed by atoms with Crippen LogP contribution in [-0.2, 0) is 16.0 Å². The fourth-order valence-corrected chi connectivity index (χ4v) is 6.46. The van der Waals surface area contributed by atoms with Gasteiger partial charge in [0.15, 0.2) is 12.1 Å². The number of carbonyl (C=O) groups excluding carboxylic acids is 2. The molecule has 8 heteroatoms. The Bertz CT molecular complexity index is 1380. The molecule has 0 atom stereocenters. The fourth-order valence-electron chi connectivity index (χ4n) is 6.34. The Morgan fingerprint density at radius 3 is 2.38 bits per heavy atom. The lowest BCUT2D eigenvalue weighted by molar-refractivity contribution is -0.178. The average Bonchev–Trinajstić information content (AvgIpc) is 3.34. The predicted octanol–water partition coefficient (Wildman–Crippen LogP) is 6.69. The van der Waals surface area contributed by atoms with E-state index in [1.807, 2.05) is 29.2 Å². The molecule has 42 heavy (non-hydrogen) atoms. The molecule has 0 aromatic heterocycles. The van der Waals surface area contributed by atoms with Crippen LogP contribution in [-0.4, -0.2) is 67.2 Å². The Morgan fingerprint density at radius 1 is 0.929 bits per heavy atom. The van der Waals surface area contributed by atoms with E-state index in [0.717, 1.165) is 75.2 Å². The second-order valence-corrected chi connectivity index (χ2v) is 11.9. The van der Waals surface area contributed by atoms with Gasteiger partial charge in [-0.3, -0.25) is 14.5 Å². The minimum Gasteiger partial charge on any atom is -0.457 e. The number of benzene rings is 3. The highest BCUT2D eigenvalue weighted by Crippen LogP contribution is 2.43. The largest absolute Gasteiger partial charge is 0.457 e. The van der Waals surface area contributed by atoms with Crippen molar-refractivity contribution in [2.75, 3.05) is 39.4 Å². The van der Waals surface area contributed by atoms with Crippen LogP contribution in [0.1, 0.15) is 69.9 Å². The van der Waals surface area contributed by atoms with E-state index in [-0.39, 0.29) is 5.91 Å². The van der Waals surface area contributed by atoms with E-state index < -0.39 is 5.79 Å². The molecule has 7 nitrogen and oxygen atoms in total. The first-order valence-electron chi connectivity index (χ1n) is 14.9. The highest BCUT2D eigenvalue weighted by Gasteiger charge is 2.40. The summed E-state index contributed by atoms with van der Waals surface area (Å²) in [5, 5.41) is 0.740. The highest BCUT2D eigenvalue weighted by atomic mass is 35.5. The second-order valence-electron chi connectivity index (χ2n) is 11.5. The Kier molecular flexibility index (Phi) is 8.91. The maximum atomic E-state index is 13.3. The number of hydrogen-bond acceptors (Lipinski definition) is 6. The molecule has 2 aliphatic heterocycles. The third-order valence-electron chi connectivity index (χ3n) is 8.72. The summed E-state index contributed by atoms with van der Waals surface area (Å²) in [6.45, 7) is 5.37. The molecule has 3 aliphatic rings. The molecule has 3 fully saturated rings. The van der Waals surface area contributed by atoms with E-state index in [1.54, 1.807) is 24.3 Å². The summed E-state index contributed by atoms with van der Waals surface area (Å²) in [5.41, 5.74) is 3.51. The molecule has 3 aromatic rings. The lowest BCUT2D eigenvalue weighted by Gasteiger charge is -2.35. The van der Waals surface area contributed by atoms with Crippen LogP contribution in [0.15, 0.2) is 66.7 Å². The number of rotatable bonds is 7. The average molecular weight is 589 g/mol. The zero-order chi connectivity index (χ0) is 28.9. The van der Waals surface area contributed by atoms with Crippen LogP contribution in [0.3, 0.4) is 0 Å². The van der Waals surface area contributed by atoms with Gasteiger partial charge in [0.25, 0.3) is 5.91 Å². The molecule has 2 saturated heterocycles. The molecule has 220 valence electrons. The number of carbonyl (C=O) groups is 2. The van der Waals surface area contributed by atoms with E-state index >= 15 is 0 Å². The van der Waals surface area contributed by atoms with Gasteiger partial charge in [0, 0.05) is 56.2 Å². The van der Waals surface area contributed by atoms with Crippen LogP contribution in [0.2, 0.25) is 5.02 Å². The Balaban J connectivity index is 1.04. The summed E-state index contributed by atoms with van der Waals surface area (Å²) < 4.78 is 17.8. The molecular weight excluding hydrogens is 552 g/mol. The van der Waals surface area contributed by atoms with Gasteiger partial charge in [-0.1, -0.05) is 29.8 Å². The van der Waals surface area contributed by atoms with Crippen molar-refractivity contribution < 1.29 is 23.8 Å². The molecule has 0 unspecified atom stereocenters. The van der Waals surface area contributed by atoms with E-state index in [2.05, 4.69) is 23.1 Å². The van der Waals surface area contributed by atoms with Crippen LogP contribution in [0.5, 0.6) is 11.5 Å². The van der Waals surface area contributed by atoms with E-state index in [0.29, 0.717) is 48.3 Å². The molecule has 2 heterocycles. The maximum Gasteiger partial charge on any atom is 0.253 e. The normalized spacial score (nSPS) is 19.5. The molecule has 1 amide bonds. The molecule has 1 saturated carbocycles. The number of nitrogens with zero attached hydrogens (tertiary/aromatic N) is 2. The Hall–Kier alpha value is -3.23. The van der Waals surface area contributed by atoms with Crippen LogP contribution in [0.25, 0.3) is 0 Å². The zero-order valence-corrected chi connectivity index (χ0v) is 24.6. The van der Waals surface area contributed by atoms with Crippen molar-refractivity contribution in [3.63, 3.8) is 0 Å². The first-order valence-corrected chi connectivity index (χ1v) is 15.3. The summed E-state index contributed by atoms with van der Waals surface area (Å²) >= 11 is 6.02. The van der Waals surface area contributed by atoms with Gasteiger partial charge in [0.05, 0.1) is 18.8 Å². The second kappa shape index (κ2) is 13.0. The quantitative estimate of drug-likeness (QED) is 0.286.